The summed E-state index contributed by atoms with van der Waals surface area (Å²) in [5.74, 6) is 0.910. The van der Waals surface area contributed by atoms with Gasteiger partial charge in [-0.3, -0.25) is 4.79 Å². The molecule has 5 heteroatoms. The highest BCUT2D eigenvalue weighted by Gasteiger charge is 2.43. The smallest absolute Gasteiger partial charge is 0.263 e. The molecule has 1 atom stereocenters. The molecule has 2 aromatic rings. The number of aliphatic hydroxyl groups excluding tert-OH is 1. The zero-order chi connectivity index (χ0) is 17.6. The molecule has 1 aromatic heterocycles. The Labute approximate surface area is 152 Å². The topological polar surface area (TPSA) is 49.8 Å². The van der Waals surface area contributed by atoms with Crippen LogP contribution in [0, 0.1) is 13.8 Å². The lowest BCUT2D eigenvalue weighted by Gasteiger charge is -2.46. The van der Waals surface area contributed by atoms with Crippen molar-refractivity contribution >= 4 is 17.2 Å². The molecule has 2 aliphatic heterocycles. The van der Waals surface area contributed by atoms with Gasteiger partial charge < -0.3 is 14.7 Å². The number of thiophene rings is 1. The Hall–Kier alpha value is -1.85. The lowest BCUT2D eigenvalue weighted by Crippen LogP contribution is -2.51. The van der Waals surface area contributed by atoms with Crippen molar-refractivity contribution in [2.45, 2.75) is 44.8 Å². The summed E-state index contributed by atoms with van der Waals surface area (Å²) in [6, 6.07) is 7.86. The number of amides is 1. The number of hydrogen-bond acceptors (Lipinski definition) is 4. The molecule has 1 spiro atoms. The van der Waals surface area contributed by atoms with Crippen LogP contribution in [0.25, 0.3) is 0 Å². The number of aryl methyl sites for hydroxylation is 2. The van der Waals surface area contributed by atoms with Gasteiger partial charge in [0.2, 0.25) is 0 Å². The second-order valence-electron chi connectivity index (χ2n) is 7.25. The third kappa shape index (κ3) is 2.96. The van der Waals surface area contributed by atoms with Gasteiger partial charge in [0.1, 0.15) is 11.4 Å². The lowest BCUT2D eigenvalue weighted by atomic mass is 9.81. The summed E-state index contributed by atoms with van der Waals surface area (Å²) in [7, 11) is 0. The monoisotopic (exact) mass is 357 g/mol. The van der Waals surface area contributed by atoms with E-state index in [9.17, 15) is 9.90 Å². The van der Waals surface area contributed by atoms with Crippen molar-refractivity contribution in [2.24, 2.45) is 0 Å². The van der Waals surface area contributed by atoms with Crippen molar-refractivity contribution in [3.63, 3.8) is 0 Å². The van der Waals surface area contributed by atoms with Crippen LogP contribution in [0.2, 0.25) is 0 Å². The molecule has 0 unspecified atom stereocenters. The summed E-state index contributed by atoms with van der Waals surface area (Å²) in [5.41, 5.74) is 2.88. The minimum absolute atomic E-state index is 0.105. The van der Waals surface area contributed by atoms with E-state index in [1.807, 2.05) is 34.5 Å². The van der Waals surface area contributed by atoms with Gasteiger partial charge in [-0.1, -0.05) is 6.07 Å². The van der Waals surface area contributed by atoms with Crippen molar-refractivity contribution in [1.29, 1.82) is 0 Å². The van der Waals surface area contributed by atoms with Crippen molar-refractivity contribution in [3.8, 4) is 5.75 Å². The van der Waals surface area contributed by atoms with Gasteiger partial charge in [0.05, 0.1) is 11.0 Å². The van der Waals surface area contributed by atoms with E-state index in [0.29, 0.717) is 19.5 Å². The largest absolute Gasteiger partial charge is 0.487 e. The van der Waals surface area contributed by atoms with Crippen molar-refractivity contribution in [1.82, 2.24) is 4.90 Å². The van der Waals surface area contributed by atoms with Gasteiger partial charge in [0, 0.05) is 37.9 Å². The van der Waals surface area contributed by atoms with Gasteiger partial charge in [0.25, 0.3) is 5.91 Å². The number of ether oxygens (including phenoxy) is 1. The van der Waals surface area contributed by atoms with E-state index in [0.717, 1.165) is 29.0 Å². The highest BCUT2D eigenvalue weighted by molar-refractivity contribution is 7.12. The van der Waals surface area contributed by atoms with Crippen LogP contribution in [-0.4, -0.2) is 34.6 Å². The Morgan fingerprint density at radius 2 is 2.00 bits per heavy atom. The molecular formula is C20H23NO3S. The van der Waals surface area contributed by atoms with Crippen LogP contribution in [-0.2, 0) is 0 Å². The summed E-state index contributed by atoms with van der Waals surface area (Å²) in [4.78, 5) is 15.2. The molecule has 4 nitrogen and oxygen atoms in total. The number of aliphatic hydroxyl groups is 1. The maximum Gasteiger partial charge on any atom is 0.263 e. The number of carbonyl (C=O) groups excluding carboxylic acids is 1. The fourth-order valence-electron chi connectivity index (χ4n) is 3.88. The van der Waals surface area contributed by atoms with Crippen LogP contribution in [0.1, 0.15) is 51.7 Å². The minimum Gasteiger partial charge on any atom is -0.487 e. The number of fused-ring (bicyclic) bond motifs is 1. The van der Waals surface area contributed by atoms with Crippen LogP contribution in [0.4, 0.5) is 0 Å². The number of hydrogen-bond donors (Lipinski definition) is 1. The number of rotatable bonds is 1. The first-order valence-corrected chi connectivity index (χ1v) is 9.66. The molecule has 3 heterocycles. The highest BCUT2D eigenvalue weighted by atomic mass is 32.1. The quantitative estimate of drug-likeness (QED) is 0.843. The molecule has 0 aliphatic carbocycles. The van der Waals surface area contributed by atoms with Crippen LogP contribution in [0.3, 0.4) is 0 Å². The second-order valence-corrected chi connectivity index (χ2v) is 8.20. The molecule has 1 aromatic carbocycles. The molecule has 0 bridgehead atoms. The first kappa shape index (κ1) is 16.6. The molecule has 1 saturated heterocycles. The average molecular weight is 357 g/mol. The minimum atomic E-state index is -0.498. The number of benzene rings is 1. The van der Waals surface area contributed by atoms with Gasteiger partial charge in [-0.05, 0) is 48.6 Å². The van der Waals surface area contributed by atoms with Gasteiger partial charge in [-0.25, -0.2) is 0 Å². The van der Waals surface area contributed by atoms with Crippen molar-refractivity contribution < 1.29 is 14.6 Å². The Morgan fingerprint density at radius 1 is 1.28 bits per heavy atom. The zero-order valence-corrected chi connectivity index (χ0v) is 15.4. The molecule has 25 heavy (non-hydrogen) atoms. The maximum absolute atomic E-state index is 12.5. The summed E-state index contributed by atoms with van der Waals surface area (Å²) in [6.45, 7) is 5.46. The zero-order valence-electron chi connectivity index (χ0n) is 14.6. The van der Waals surface area contributed by atoms with Crippen LogP contribution >= 0.6 is 11.3 Å². The van der Waals surface area contributed by atoms with Crippen molar-refractivity contribution in [2.75, 3.05) is 13.1 Å². The molecule has 4 rings (SSSR count). The third-order valence-electron chi connectivity index (χ3n) is 5.57. The second kappa shape index (κ2) is 6.15. The van der Waals surface area contributed by atoms with E-state index in [2.05, 4.69) is 13.8 Å². The van der Waals surface area contributed by atoms with Gasteiger partial charge in [-0.2, -0.15) is 0 Å². The fraction of sp³-hybridized carbons (Fsp3) is 0.450. The number of nitrogens with zero attached hydrogens (tertiary/aromatic N) is 1. The molecule has 1 fully saturated rings. The number of piperidine rings is 1. The van der Waals surface area contributed by atoms with Crippen LogP contribution in [0.5, 0.6) is 5.75 Å². The predicted molar refractivity (Wildman–Crippen MR) is 98.3 cm³/mol. The third-order valence-corrected chi connectivity index (χ3v) is 6.43. The van der Waals surface area contributed by atoms with E-state index < -0.39 is 6.10 Å². The standard InChI is InChI=1S/C20H23NO3S/c1-13-10-15-16(22)12-20(24-17(15)11-14(13)2)5-7-21(8-6-20)19(23)18-4-3-9-25-18/h3-4,9-11,16,22H,5-8,12H2,1-2H3/t16-/m0/s1. The predicted octanol–water partition coefficient (Wildman–Crippen LogP) is 3.86. The Bertz CT molecular complexity index is 792. The Morgan fingerprint density at radius 3 is 2.68 bits per heavy atom. The number of carbonyl (C=O) groups is 1. The molecule has 0 saturated carbocycles. The highest BCUT2D eigenvalue weighted by Crippen LogP contribution is 2.45. The average Bonchev–Trinajstić information content (AvgIpc) is 3.11. The van der Waals surface area contributed by atoms with E-state index >= 15 is 0 Å². The van der Waals surface area contributed by atoms with E-state index in [-0.39, 0.29) is 11.5 Å². The van der Waals surface area contributed by atoms with Crippen LogP contribution in [0.15, 0.2) is 29.6 Å². The van der Waals surface area contributed by atoms with E-state index in [1.165, 1.54) is 22.5 Å². The SMILES string of the molecule is Cc1cc2c(cc1C)[C@@H](O)CC1(CCN(C(=O)c3cccs3)CC1)O2. The first-order chi connectivity index (χ1) is 12.0. The molecule has 1 N–H and O–H groups in total. The lowest BCUT2D eigenvalue weighted by molar-refractivity contribution is -0.0495. The molecular weight excluding hydrogens is 334 g/mol. The first-order valence-electron chi connectivity index (χ1n) is 8.78. The van der Waals surface area contributed by atoms with Crippen molar-refractivity contribution in [3.05, 3.63) is 51.2 Å². The van der Waals surface area contributed by atoms with E-state index in [1.54, 1.807) is 0 Å². The summed E-state index contributed by atoms with van der Waals surface area (Å²) in [6.07, 6.45) is 1.62. The van der Waals surface area contributed by atoms with E-state index in [4.69, 9.17) is 4.74 Å². The molecule has 0 radical (unpaired) electrons. The molecule has 1 amide bonds. The summed E-state index contributed by atoms with van der Waals surface area (Å²) >= 11 is 1.48. The normalized spacial score (nSPS) is 21.7. The summed E-state index contributed by atoms with van der Waals surface area (Å²) < 4.78 is 6.39. The fourth-order valence-corrected chi connectivity index (χ4v) is 4.57. The van der Waals surface area contributed by atoms with Crippen LogP contribution < -0.4 is 4.74 Å². The molecule has 132 valence electrons. The Kier molecular flexibility index (Phi) is 4.08. The summed E-state index contributed by atoms with van der Waals surface area (Å²) in [5, 5.41) is 12.6. The maximum atomic E-state index is 12.5. The van der Waals surface area contributed by atoms with Gasteiger partial charge in [-0.15, -0.1) is 11.3 Å². The van der Waals surface area contributed by atoms with Gasteiger partial charge >= 0.3 is 0 Å². The van der Waals surface area contributed by atoms with Gasteiger partial charge in [0.15, 0.2) is 0 Å². The Balaban J connectivity index is 1.51. The number of likely N-dealkylation sites (tertiary alicyclic amines) is 1. The molecule has 2 aliphatic rings.